The first-order chi connectivity index (χ1) is 6.65. The molecular weight excluding hydrogens is 181 g/mol. The van der Waals surface area contributed by atoms with Crippen molar-refractivity contribution in [3.8, 4) is 0 Å². The molecule has 0 bridgehead atoms. The Kier molecular flexibility index (Phi) is 1.91. The van der Waals surface area contributed by atoms with Crippen LogP contribution in [0.25, 0.3) is 10.9 Å². The van der Waals surface area contributed by atoms with E-state index in [1.54, 1.807) is 0 Å². The molecule has 4 heteroatoms. The van der Waals surface area contributed by atoms with E-state index in [0.717, 1.165) is 22.9 Å². The fraction of sp³-hybridized carbons (Fsp3) is 0.300. The molecule has 0 saturated carbocycles. The summed E-state index contributed by atoms with van der Waals surface area (Å²) in [5, 5.41) is 7.15. The molecule has 2 aromatic rings. The Balaban J connectivity index is 2.94. The zero-order valence-electron chi connectivity index (χ0n) is 8.19. The molecule has 0 aliphatic rings. The molecule has 0 radical (unpaired) electrons. The number of aromatic nitrogens is 2. The number of aromatic amines is 1. The van der Waals surface area contributed by atoms with Crippen LogP contribution in [0.2, 0.25) is 0 Å². The first-order valence-electron chi connectivity index (χ1n) is 4.56. The molecule has 74 valence electrons. The van der Waals surface area contributed by atoms with Gasteiger partial charge in [0, 0.05) is 5.39 Å². The lowest BCUT2D eigenvalue weighted by Gasteiger charge is -2.05. The van der Waals surface area contributed by atoms with Gasteiger partial charge in [0.2, 0.25) is 0 Å². The maximum atomic E-state index is 13.4. The highest BCUT2D eigenvalue weighted by molar-refractivity contribution is 5.92. The number of hydrogen-bond donors (Lipinski definition) is 2. The van der Waals surface area contributed by atoms with Crippen molar-refractivity contribution < 1.29 is 4.39 Å². The van der Waals surface area contributed by atoms with Crippen molar-refractivity contribution in [2.24, 2.45) is 0 Å². The second-order valence-corrected chi connectivity index (χ2v) is 3.37. The molecule has 0 aliphatic carbocycles. The Morgan fingerprint density at radius 2 is 2.29 bits per heavy atom. The van der Waals surface area contributed by atoms with E-state index >= 15 is 0 Å². The second kappa shape index (κ2) is 2.97. The third kappa shape index (κ3) is 1.07. The van der Waals surface area contributed by atoms with Crippen molar-refractivity contribution in [3.05, 3.63) is 23.0 Å². The maximum Gasteiger partial charge on any atom is 0.153 e. The van der Waals surface area contributed by atoms with Gasteiger partial charge in [-0.2, -0.15) is 5.10 Å². The van der Waals surface area contributed by atoms with Crippen LogP contribution in [0.15, 0.2) is 6.07 Å². The predicted octanol–water partition coefficient (Wildman–Crippen LogP) is 2.16. The fourth-order valence-electron chi connectivity index (χ4n) is 1.84. The minimum Gasteiger partial charge on any atom is -0.382 e. The summed E-state index contributed by atoms with van der Waals surface area (Å²) in [6, 6.07) is 1.51. The number of benzene rings is 1. The van der Waals surface area contributed by atoms with Gasteiger partial charge in [-0.25, -0.2) is 4.39 Å². The van der Waals surface area contributed by atoms with Crippen molar-refractivity contribution in [1.82, 2.24) is 10.2 Å². The zero-order valence-corrected chi connectivity index (χ0v) is 8.19. The van der Waals surface area contributed by atoms with Crippen LogP contribution in [-0.2, 0) is 6.42 Å². The molecule has 0 unspecified atom stereocenters. The van der Waals surface area contributed by atoms with E-state index in [1.807, 2.05) is 13.8 Å². The number of fused-ring (bicyclic) bond motifs is 1. The van der Waals surface area contributed by atoms with Gasteiger partial charge in [0.25, 0.3) is 0 Å². The van der Waals surface area contributed by atoms with Crippen LogP contribution in [0.5, 0.6) is 0 Å². The van der Waals surface area contributed by atoms with Crippen molar-refractivity contribution in [2.45, 2.75) is 20.3 Å². The van der Waals surface area contributed by atoms with Crippen LogP contribution in [0.4, 0.5) is 10.2 Å². The Bertz CT molecular complexity index is 488. The Hall–Kier alpha value is -1.58. The smallest absolute Gasteiger partial charge is 0.153 e. The van der Waals surface area contributed by atoms with Crippen molar-refractivity contribution in [1.29, 1.82) is 0 Å². The number of nitrogens with two attached hydrogens (primary N) is 1. The minimum absolute atomic E-state index is 0.293. The van der Waals surface area contributed by atoms with E-state index in [4.69, 9.17) is 5.73 Å². The van der Waals surface area contributed by atoms with Gasteiger partial charge < -0.3 is 5.73 Å². The Morgan fingerprint density at radius 3 is 2.93 bits per heavy atom. The summed E-state index contributed by atoms with van der Waals surface area (Å²) in [7, 11) is 0. The number of nitrogens with one attached hydrogen (secondary N) is 1. The Morgan fingerprint density at radius 1 is 1.57 bits per heavy atom. The molecule has 14 heavy (non-hydrogen) atoms. The van der Waals surface area contributed by atoms with E-state index in [1.165, 1.54) is 6.07 Å². The second-order valence-electron chi connectivity index (χ2n) is 3.37. The number of nitrogen functional groups attached to an aromatic ring is 1. The fourth-order valence-corrected chi connectivity index (χ4v) is 1.84. The van der Waals surface area contributed by atoms with E-state index in [2.05, 4.69) is 10.2 Å². The molecular formula is C10H12FN3. The molecule has 0 fully saturated rings. The predicted molar refractivity (Wildman–Crippen MR) is 54.6 cm³/mol. The summed E-state index contributed by atoms with van der Waals surface area (Å²) in [6.45, 7) is 3.90. The molecule has 0 aliphatic heterocycles. The molecule has 1 heterocycles. The number of aryl methyl sites for hydroxylation is 2. The third-order valence-electron chi connectivity index (χ3n) is 2.51. The van der Waals surface area contributed by atoms with Crippen LogP contribution in [-0.4, -0.2) is 10.2 Å². The van der Waals surface area contributed by atoms with Crippen LogP contribution in [0.3, 0.4) is 0 Å². The molecule has 0 atom stereocenters. The Labute approximate surface area is 81.1 Å². The number of H-pyrrole nitrogens is 1. The standard InChI is InChI=1S/C10H12FN3/c1-3-6-5(2)4-7(11)9-8(6)10(12)14-13-9/h4H,3H2,1-2H3,(H3,12,13,14). The largest absolute Gasteiger partial charge is 0.382 e. The SMILES string of the molecule is CCc1c(C)cc(F)c2[nH]nc(N)c12. The van der Waals surface area contributed by atoms with Crippen molar-refractivity contribution in [2.75, 3.05) is 5.73 Å². The van der Waals surface area contributed by atoms with Crippen molar-refractivity contribution >= 4 is 16.7 Å². The lowest BCUT2D eigenvalue weighted by Crippen LogP contribution is -1.93. The lowest BCUT2D eigenvalue weighted by molar-refractivity contribution is 0.634. The van der Waals surface area contributed by atoms with E-state index in [0.29, 0.717) is 11.3 Å². The van der Waals surface area contributed by atoms with Gasteiger partial charge in [-0.05, 0) is 30.5 Å². The average molecular weight is 193 g/mol. The maximum absolute atomic E-state index is 13.4. The number of anilines is 1. The summed E-state index contributed by atoms with van der Waals surface area (Å²) < 4.78 is 13.4. The topological polar surface area (TPSA) is 54.7 Å². The zero-order chi connectivity index (χ0) is 10.3. The van der Waals surface area contributed by atoms with Crippen LogP contribution in [0.1, 0.15) is 18.1 Å². The molecule has 0 saturated heterocycles. The number of nitrogens with zero attached hydrogens (tertiary/aromatic N) is 1. The monoisotopic (exact) mass is 193 g/mol. The van der Waals surface area contributed by atoms with Gasteiger partial charge in [-0.3, -0.25) is 5.10 Å². The minimum atomic E-state index is -0.293. The summed E-state index contributed by atoms with van der Waals surface area (Å²) in [4.78, 5) is 0. The van der Waals surface area contributed by atoms with E-state index in [9.17, 15) is 4.39 Å². The lowest BCUT2D eigenvalue weighted by atomic mass is 10.0. The van der Waals surface area contributed by atoms with Gasteiger partial charge in [-0.15, -0.1) is 0 Å². The normalized spacial score (nSPS) is 11.1. The van der Waals surface area contributed by atoms with Gasteiger partial charge in [-0.1, -0.05) is 6.92 Å². The summed E-state index contributed by atoms with van der Waals surface area (Å²) in [5.41, 5.74) is 8.07. The summed E-state index contributed by atoms with van der Waals surface area (Å²) >= 11 is 0. The van der Waals surface area contributed by atoms with Crippen molar-refractivity contribution in [3.63, 3.8) is 0 Å². The molecule has 2 rings (SSSR count). The number of halogens is 1. The van der Waals surface area contributed by atoms with Gasteiger partial charge in [0.05, 0.1) is 0 Å². The molecule has 1 aromatic heterocycles. The molecule has 3 nitrogen and oxygen atoms in total. The quantitative estimate of drug-likeness (QED) is 0.729. The van der Waals surface area contributed by atoms with Gasteiger partial charge in [0.1, 0.15) is 11.3 Å². The number of rotatable bonds is 1. The highest BCUT2D eigenvalue weighted by atomic mass is 19.1. The highest BCUT2D eigenvalue weighted by Gasteiger charge is 2.13. The van der Waals surface area contributed by atoms with Gasteiger partial charge in [0.15, 0.2) is 5.82 Å². The third-order valence-corrected chi connectivity index (χ3v) is 2.51. The highest BCUT2D eigenvalue weighted by Crippen LogP contribution is 2.27. The summed E-state index contributed by atoms with van der Waals surface area (Å²) in [5.74, 6) is 0.0818. The molecule has 0 spiro atoms. The summed E-state index contributed by atoms with van der Waals surface area (Å²) in [6.07, 6.45) is 0.826. The van der Waals surface area contributed by atoms with Crippen LogP contribution >= 0.6 is 0 Å². The van der Waals surface area contributed by atoms with E-state index in [-0.39, 0.29) is 5.82 Å². The first kappa shape index (κ1) is 8.99. The first-order valence-corrected chi connectivity index (χ1v) is 4.56. The van der Waals surface area contributed by atoms with Gasteiger partial charge >= 0.3 is 0 Å². The average Bonchev–Trinajstić information content (AvgIpc) is 2.50. The number of hydrogen-bond acceptors (Lipinski definition) is 2. The molecule has 1 aromatic carbocycles. The van der Waals surface area contributed by atoms with E-state index < -0.39 is 0 Å². The molecule has 0 amide bonds. The molecule has 3 N–H and O–H groups in total. The van der Waals surface area contributed by atoms with Crippen LogP contribution < -0.4 is 5.73 Å². The van der Waals surface area contributed by atoms with Crippen LogP contribution in [0, 0.1) is 12.7 Å².